The Bertz CT molecular complexity index is 1850. The number of carbonyl (C=O) groups is 2. The number of aromatic nitrogens is 2. The monoisotopic (exact) mass is 742 g/mol. The normalized spacial score (nSPS) is 15.8. The Morgan fingerprint density at radius 2 is 1.53 bits per heavy atom. The Morgan fingerprint density at radius 3 is 2.09 bits per heavy atom. The molecule has 53 heavy (non-hydrogen) atoms. The molecule has 5 rings (SSSR count). The zero-order chi connectivity index (χ0) is 38.2. The molecule has 2 amide bonds. The second kappa shape index (κ2) is 17.6. The molecular weight excluding hydrogens is 689 g/mol. The first kappa shape index (κ1) is 39.7. The van der Waals surface area contributed by atoms with E-state index in [9.17, 15) is 23.1 Å². The third-order valence-electron chi connectivity index (χ3n) is 10.0. The number of aliphatic hydroxyl groups excluding tert-OH is 1. The maximum atomic E-state index is 14.5. The first-order chi connectivity index (χ1) is 25.2. The van der Waals surface area contributed by atoms with Gasteiger partial charge < -0.3 is 15.2 Å². The molecule has 0 spiro atoms. The lowest BCUT2D eigenvalue weighted by Gasteiger charge is -2.35. The largest absolute Gasteiger partial charge is 0.444 e. The van der Waals surface area contributed by atoms with E-state index < -0.39 is 45.8 Å². The fourth-order valence-corrected chi connectivity index (χ4v) is 8.25. The Balaban J connectivity index is 1.43. The van der Waals surface area contributed by atoms with E-state index in [4.69, 9.17) is 4.74 Å². The van der Waals surface area contributed by atoms with Gasteiger partial charge in [-0.1, -0.05) is 110 Å². The van der Waals surface area contributed by atoms with E-state index in [2.05, 4.69) is 34.6 Å². The third-order valence-corrected chi connectivity index (χ3v) is 11.7. The maximum absolute atomic E-state index is 14.5. The molecule has 1 heterocycles. The third kappa shape index (κ3) is 10.8. The van der Waals surface area contributed by atoms with Crippen molar-refractivity contribution in [3.8, 4) is 0 Å². The summed E-state index contributed by atoms with van der Waals surface area (Å²) in [5.74, 6) is -0.261. The molecule has 0 bridgehead atoms. The van der Waals surface area contributed by atoms with E-state index in [1.54, 1.807) is 32.9 Å². The number of hydrogen-bond donors (Lipinski definition) is 2. The number of nitrogens with zero attached hydrogens (tertiary/aromatic N) is 3. The molecule has 3 aromatic carbocycles. The SMILES string of the molecule is Cc1ccc(S(=O)(=O)n2cnc(C[C@@H](C(=O)N[C@@H](CC3CCCCC3)[C@@H](O)CC(c3ccccc3)c3ccccc3)N(C)C(=O)OC(C)(C)C)c2)cc1. The number of hydrogen-bond acceptors (Lipinski definition) is 7. The van der Waals surface area contributed by atoms with Crippen LogP contribution in [0.15, 0.2) is 102 Å². The zero-order valence-electron chi connectivity index (χ0n) is 31.5. The molecule has 0 radical (unpaired) electrons. The van der Waals surface area contributed by atoms with Crippen LogP contribution < -0.4 is 5.32 Å². The van der Waals surface area contributed by atoms with Gasteiger partial charge in [-0.05, 0) is 69.7 Å². The van der Waals surface area contributed by atoms with Crippen molar-refractivity contribution in [1.82, 2.24) is 19.2 Å². The second-order valence-electron chi connectivity index (χ2n) is 15.4. The van der Waals surface area contributed by atoms with E-state index in [1.165, 1.54) is 43.0 Å². The van der Waals surface area contributed by atoms with Crippen LogP contribution in [0.2, 0.25) is 0 Å². The summed E-state index contributed by atoms with van der Waals surface area (Å²) in [5.41, 5.74) is 2.55. The summed E-state index contributed by atoms with van der Waals surface area (Å²) in [5, 5.41) is 15.2. The van der Waals surface area contributed by atoms with Crippen molar-refractivity contribution in [3.05, 3.63) is 120 Å². The minimum absolute atomic E-state index is 0.0824. The number of carbonyl (C=O) groups excluding carboxylic acids is 2. The summed E-state index contributed by atoms with van der Waals surface area (Å²) >= 11 is 0. The number of ether oxygens (including phenoxy) is 1. The standard InChI is InChI=1S/C42H54N4O6S/c1-30-21-23-35(24-22-30)53(50,51)46-28-34(43-29-46)26-38(45(5)41(49)52-42(2,3)4)40(48)44-37(25-31-15-9-6-10-16-31)39(47)27-36(32-17-11-7-12-18-32)33-19-13-8-14-20-33/h7-8,11-14,17-24,28-29,31,36-39,47H,6,9-10,15-16,25-27H2,1-5H3,(H,44,48)/t37-,38-,39-/m0/s1. The molecule has 10 nitrogen and oxygen atoms in total. The Morgan fingerprint density at radius 1 is 0.943 bits per heavy atom. The Labute approximate surface area is 314 Å². The van der Waals surface area contributed by atoms with E-state index in [0.29, 0.717) is 24.5 Å². The number of amides is 2. The van der Waals surface area contributed by atoms with Crippen molar-refractivity contribution in [2.24, 2.45) is 5.92 Å². The molecule has 11 heteroatoms. The predicted molar refractivity (Wildman–Crippen MR) is 206 cm³/mol. The lowest BCUT2D eigenvalue weighted by molar-refractivity contribution is -0.127. The van der Waals surface area contributed by atoms with Gasteiger partial charge in [0.2, 0.25) is 5.91 Å². The number of aliphatic hydroxyl groups is 1. The highest BCUT2D eigenvalue weighted by molar-refractivity contribution is 7.90. The van der Waals surface area contributed by atoms with Crippen LogP contribution in [-0.4, -0.2) is 70.2 Å². The van der Waals surface area contributed by atoms with Crippen molar-refractivity contribution < 1.29 is 27.9 Å². The lowest BCUT2D eigenvalue weighted by Crippen LogP contribution is -2.55. The van der Waals surface area contributed by atoms with Gasteiger partial charge in [0, 0.05) is 25.6 Å². The van der Waals surface area contributed by atoms with Crippen LogP contribution in [0.25, 0.3) is 0 Å². The van der Waals surface area contributed by atoms with Gasteiger partial charge in [0.15, 0.2) is 0 Å². The number of aryl methyl sites for hydroxylation is 1. The van der Waals surface area contributed by atoms with E-state index in [1.807, 2.05) is 43.3 Å². The number of benzene rings is 3. The Hall–Kier alpha value is -4.48. The molecule has 284 valence electrons. The van der Waals surface area contributed by atoms with E-state index in [0.717, 1.165) is 46.3 Å². The van der Waals surface area contributed by atoms with Crippen LogP contribution in [0.1, 0.15) is 94.0 Å². The molecule has 4 aromatic rings. The van der Waals surface area contributed by atoms with Crippen LogP contribution in [0.4, 0.5) is 4.79 Å². The highest BCUT2D eigenvalue weighted by atomic mass is 32.2. The molecule has 2 N–H and O–H groups in total. The molecule has 1 fully saturated rings. The molecule has 1 aromatic heterocycles. The van der Waals surface area contributed by atoms with Gasteiger partial charge in [-0.25, -0.2) is 22.2 Å². The molecule has 1 saturated carbocycles. The highest BCUT2D eigenvalue weighted by Crippen LogP contribution is 2.33. The number of likely N-dealkylation sites (N-methyl/N-ethyl adjacent to an activating group) is 1. The fraction of sp³-hybridized carbons (Fsp3) is 0.452. The van der Waals surface area contributed by atoms with Gasteiger partial charge >= 0.3 is 6.09 Å². The molecule has 1 aliphatic rings. The smallest absolute Gasteiger partial charge is 0.410 e. The maximum Gasteiger partial charge on any atom is 0.410 e. The quantitative estimate of drug-likeness (QED) is 0.139. The molecule has 0 aliphatic heterocycles. The zero-order valence-corrected chi connectivity index (χ0v) is 32.3. The van der Waals surface area contributed by atoms with Crippen LogP contribution in [0.5, 0.6) is 0 Å². The van der Waals surface area contributed by atoms with E-state index >= 15 is 0 Å². The lowest BCUT2D eigenvalue weighted by atomic mass is 9.80. The summed E-state index contributed by atoms with van der Waals surface area (Å²) in [6.07, 6.45) is 7.28. The van der Waals surface area contributed by atoms with Gasteiger partial charge in [0.05, 0.1) is 22.7 Å². The van der Waals surface area contributed by atoms with Crippen LogP contribution >= 0.6 is 0 Å². The highest BCUT2D eigenvalue weighted by Gasteiger charge is 2.35. The first-order valence-electron chi connectivity index (χ1n) is 18.6. The summed E-state index contributed by atoms with van der Waals surface area (Å²) in [6, 6.07) is 24.9. The average Bonchev–Trinajstić information content (AvgIpc) is 3.62. The first-order valence-corrected chi connectivity index (χ1v) is 20.0. The number of nitrogens with one attached hydrogen (secondary N) is 1. The van der Waals surface area contributed by atoms with Gasteiger partial charge in [0.25, 0.3) is 10.0 Å². The second-order valence-corrected chi connectivity index (χ2v) is 17.2. The van der Waals surface area contributed by atoms with Crippen molar-refractivity contribution in [3.63, 3.8) is 0 Å². The van der Waals surface area contributed by atoms with Crippen molar-refractivity contribution in [2.75, 3.05) is 7.05 Å². The molecule has 0 unspecified atom stereocenters. The van der Waals surface area contributed by atoms with Gasteiger partial charge in [0.1, 0.15) is 18.0 Å². The van der Waals surface area contributed by atoms with Gasteiger partial charge in [-0.3, -0.25) is 9.69 Å². The molecule has 3 atom stereocenters. The Kier molecular flexibility index (Phi) is 13.2. The minimum atomic E-state index is -3.94. The predicted octanol–water partition coefficient (Wildman–Crippen LogP) is 7.24. The fourth-order valence-electron chi connectivity index (χ4n) is 7.09. The van der Waals surface area contributed by atoms with Crippen molar-refractivity contribution in [2.45, 2.75) is 114 Å². The molecular formula is C42H54N4O6S. The van der Waals surface area contributed by atoms with E-state index in [-0.39, 0.29) is 17.2 Å². The summed E-state index contributed by atoms with van der Waals surface area (Å²) < 4.78 is 33.5. The summed E-state index contributed by atoms with van der Waals surface area (Å²) in [7, 11) is -2.45. The van der Waals surface area contributed by atoms with Crippen LogP contribution in [0.3, 0.4) is 0 Å². The minimum Gasteiger partial charge on any atom is -0.444 e. The topological polar surface area (TPSA) is 131 Å². The summed E-state index contributed by atoms with van der Waals surface area (Å²) in [6.45, 7) is 7.12. The number of rotatable bonds is 14. The van der Waals surface area contributed by atoms with Crippen LogP contribution in [0, 0.1) is 12.8 Å². The van der Waals surface area contributed by atoms with Crippen LogP contribution in [-0.2, 0) is 26.0 Å². The van der Waals surface area contributed by atoms with Gasteiger partial charge in [-0.2, -0.15) is 0 Å². The van der Waals surface area contributed by atoms with Crippen molar-refractivity contribution in [1.29, 1.82) is 0 Å². The number of imidazole rings is 1. The molecule has 1 aliphatic carbocycles. The summed E-state index contributed by atoms with van der Waals surface area (Å²) in [4.78, 5) is 33.6. The van der Waals surface area contributed by atoms with Crippen molar-refractivity contribution >= 4 is 22.0 Å². The van der Waals surface area contributed by atoms with Gasteiger partial charge in [-0.15, -0.1) is 0 Å². The average molecular weight is 743 g/mol. The molecule has 0 saturated heterocycles.